The number of hydrogen-bond acceptors (Lipinski definition) is 3. The molecule has 0 fully saturated rings. The Bertz CT molecular complexity index is 316. The molecule has 0 aromatic carbocycles. The van der Waals surface area contributed by atoms with Crippen molar-refractivity contribution in [2.45, 2.75) is 46.0 Å². The summed E-state index contributed by atoms with van der Waals surface area (Å²) in [4.78, 5) is 34.8. The van der Waals surface area contributed by atoms with E-state index in [0.29, 0.717) is 25.3 Å². The predicted octanol–water partition coefficient (Wildman–Crippen LogP) is 1.85. The SMILES string of the molecule is CC(C)CCN(C)C(=O)NC(=O)CCCCC(=O)O. The van der Waals surface area contributed by atoms with Crippen molar-refractivity contribution in [1.82, 2.24) is 10.2 Å². The van der Waals surface area contributed by atoms with Crippen molar-refractivity contribution < 1.29 is 19.5 Å². The van der Waals surface area contributed by atoms with E-state index >= 15 is 0 Å². The summed E-state index contributed by atoms with van der Waals surface area (Å²) in [6, 6.07) is -0.399. The Labute approximate surface area is 114 Å². The molecule has 3 amide bonds. The van der Waals surface area contributed by atoms with Gasteiger partial charge in [-0.25, -0.2) is 4.79 Å². The quantitative estimate of drug-likeness (QED) is 0.660. The molecule has 0 rings (SSSR count). The molecular weight excluding hydrogens is 248 g/mol. The molecule has 0 heterocycles. The molecule has 6 heteroatoms. The molecule has 6 nitrogen and oxygen atoms in total. The number of carboxylic acids is 1. The van der Waals surface area contributed by atoms with Crippen LogP contribution in [0.1, 0.15) is 46.0 Å². The molecule has 2 N–H and O–H groups in total. The summed E-state index contributed by atoms with van der Waals surface area (Å²) in [7, 11) is 1.65. The zero-order chi connectivity index (χ0) is 14.8. The molecule has 0 saturated carbocycles. The molecule has 0 spiro atoms. The average molecular weight is 272 g/mol. The summed E-state index contributed by atoms with van der Waals surface area (Å²) in [5.74, 6) is -0.723. The summed E-state index contributed by atoms with van der Waals surface area (Å²) in [5, 5.41) is 10.7. The van der Waals surface area contributed by atoms with Crippen molar-refractivity contribution in [2.24, 2.45) is 5.92 Å². The molecule has 0 aromatic rings. The predicted molar refractivity (Wildman–Crippen MR) is 71.7 cm³/mol. The fraction of sp³-hybridized carbons (Fsp3) is 0.769. The van der Waals surface area contributed by atoms with Gasteiger partial charge >= 0.3 is 12.0 Å². The number of urea groups is 1. The number of aliphatic carboxylic acids is 1. The van der Waals surface area contributed by atoms with Gasteiger partial charge in [0, 0.05) is 26.4 Å². The van der Waals surface area contributed by atoms with Crippen LogP contribution in [-0.4, -0.2) is 41.5 Å². The number of hydrogen-bond donors (Lipinski definition) is 2. The van der Waals surface area contributed by atoms with E-state index in [2.05, 4.69) is 19.2 Å². The first kappa shape index (κ1) is 17.4. The van der Waals surface area contributed by atoms with Crippen LogP contribution < -0.4 is 5.32 Å². The van der Waals surface area contributed by atoms with E-state index < -0.39 is 12.0 Å². The second-order valence-corrected chi connectivity index (χ2v) is 5.06. The molecule has 0 bridgehead atoms. The topological polar surface area (TPSA) is 86.7 Å². The van der Waals surface area contributed by atoms with Crippen LogP contribution in [0.3, 0.4) is 0 Å². The highest BCUT2D eigenvalue weighted by Gasteiger charge is 2.12. The van der Waals surface area contributed by atoms with E-state index in [4.69, 9.17) is 5.11 Å². The van der Waals surface area contributed by atoms with Crippen LogP contribution in [0.2, 0.25) is 0 Å². The number of imide groups is 1. The zero-order valence-electron chi connectivity index (χ0n) is 11.9. The summed E-state index contributed by atoms with van der Waals surface area (Å²) < 4.78 is 0. The summed E-state index contributed by atoms with van der Waals surface area (Å²) >= 11 is 0. The van der Waals surface area contributed by atoms with Gasteiger partial charge in [0.1, 0.15) is 0 Å². The number of unbranched alkanes of at least 4 members (excludes halogenated alkanes) is 1. The van der Waals surface area contributed by atoms with Gasteiger partial charge in [0.2, 0.25) is 5.91 Å². The largest absolute Gasteiger partial charge is 0.481 e. The van der Waals surface area contributed by atoms with Crippen molar-refractivity contribution >= 4 is 17.9 Å². The molecule has 0 aromatic heterocycles. The molecule has 0 aliphatic carbocycles. The van der Waals surface area contributed by atoms with Gasteiger partial charge < -0.3 is 10.0 Å². The van der Waals surface area contributed by atoms with E-state index in [9.17, 15) is 14.4 Å². The van der Waals surface area contributed by atoms with Crippen molar-refractivity contribution in [2.75, 3.05) is 13.6 Å². The van der Waals surface area contributed by atoms with Crippen LogP contribution >= 0.6 is 0 Å². The van der Waals surface area contributed by atoms with Gasteiger partial charge in [0.05, 0.1) is 0 Å². The Kier molecular flexibility index (Phi) is 8.57. The van der Waals surface area contributed by atoms with Gasteiger partial charge in [0.25, 0.3) is 0 Å². The van der Waals surface area contributed by atoms with Crippen LogP contribution in [0.4, 0.5) is 4.79 Å². The summed E-state index contributed by atoms with van der Waals surface area (Å²) in [6.45, 7) is 4.74. The highest BCUT2D eigenvalue weighted by molar-refractivity contribution is 5.94. The average Bonchev–Trinajstić information content (AvgIpc) is 2.31. The summed E-state index contributed by atoms with van der Waals surface area (Å²) in [6.07, 6.45) is 2.03. The second kappa shape index (κ2) is 9.35. The Morgan fingerprint density at radius 3 is 2.26 bits per heavy atom. The van der Waals surface area contributed by atoms with Crippen molar-refractivity contribution in [1.29, 1.82) is 0 Å². The Morgan fingerprint density at radius 1 is 1.16 bits per heavy atom. The van der Waals surface area contributed by atoms with Crippen LogP contribution in [0.15, 0.2) is 0 Å². The molecule has 0 saturated heterocycles. The molecule has 0 unspecified atom stereocenters. The van der Waals surface area contributed by atoms with Crippen molar-refractivity contribution in [3.63, 3.8) is 0 Å². The Balaban J connectivity index is 3.79. The Morgan fingerprint density at radius 2 is 1.74 bits per heavy atom. The Hall–Kier alpha value is -1.59. The molecule has 19 heavy (non-hydrogen) atoms. The number of nitrogens with zero attached hydrogens (tertiary/aromatic N) is 1. The maximum absolute atomic E-state index is 11.6. The first-order valence-electron chi connectivity index (χ1n) is 6.59. The smallest absolute Gasteiger partial charge is 0.323 e. The van der Waals surface area contributed by atoms with Crippen LogP contribution in [0.5, 0.6) is 0 Å². The highest BCUT2D eigenvalue weighted by atomic mass is 16.4. The van der Waals surface area contributed by atoms with Gasteiger partial charge in [-0.15, -0.1) is 0 Å². The van der Waals surface area contributed by atoms with Gasteiger partial charge in [-0.2, -0.15) is 0 Å². The fourth-order valence-electron chi connectivity index (χ4n) is 1.39. The maximum Gasteiger partial charge on any atom is 0.323 e. The van der Waals surface area contributed by atoms with Crippen LogP contribution in [0.25, 0.3) is 0 Å². The minimum atomic E-state index is -0.870. The molecule has 110 valence electrons. The van der Waals surface area contributed by atoms with Crippen molar-refractivity contribution in [3.05, 3.63) is 0 Å². The maximum atomic E-state index is 11.6. The van der Waals surface area contributed by atoms with Gasteiger partial charge in [-0.3, -0.25) is 14.9 Å². The van der Waals surface area contributed by atoms with E-state index in [1.54, 1.807) is 7.05 Å². The van der Waals surface area contributed by atoms with Gasteiger partial charge in [-0.1, -0.05) is 13.8 Å². The van der Waals surface area contributed by atoms with E-state index in [1.807, 2.05) is 0 Å². The number of rotatable bonds is 8. The fourth-order valence-corrected chi connectivity index (χ4v) is 1.39. The van der Waals surface area contributed by atoms with E-state index in [1.165, 1.54) is 4.90 Å². The number of carbonyl (C=O) groups is 3. The third-order valence-electron chi connectivity index (χ3n) is 2.68. The molecule has 0 radical (unpaired) electrons. The monoisotopic (exact) mass is 272 g/mol. The lowest BCUT2D eigenvalue weighted by atomic mass is 10.1. The minimum Gasteiger partial charge on any atom is -0.481 e. The van der Waals surface area contributed by atoms with Gasteiger partial charge in [-0.05, 0) is 25.2 Å². The zero-order valence-corrected chi connectivity index (χ0v) is 11.9. The van der Waals surface area contributed by atoms with E-state index in [0.717, 1.165) is 6.42 Å². The van der Waals surface area contributed by atoms with Crippen LogP contribution in [0, 0.1) is 5.92 Å². The molecule has 0 aliphatic rings. The van der Waals surface area contributed by atoms with E-state index in [-0.39, 0.29) is 18.7 Å². The highest BCUT2D eigenvalue weighted by Crippen LogP contribution is 2.02. The normalized spacial score (nSPS) is 10.3. The first-order chi connectivity index (χ1) is 8.82. The van der Waals surface area contributed by atoms with Gasteiger partial charge in [0.15, 0.2) is 0 Å². The number of carbonyl (C=O) groups excluding carboxylic acids is 2. The lowest BCUT2D eigenvalue weighted by Crippen LogP contribution is -2.41. The standard InChI is InChI=1S/C13H24N2O4/c1-10(2)8-9-15(3)13(19)14-11(16)6-4-5-7-12(17)18/h10H,4-9H2,1-3H3,(H,17,18)(H,14,16,19). The van der Waals surface area contributed by atoms with Crippen LogP contribution in [-0.2, 0) is 9.59 Å². The second-order valence-electron chi connectivity index (χ2n) is 5.06. The molecule has 0 atom stereocenters. The number of carboxylic acid groups (broad SMARTS) is 1. The number of amides is 3. The van der Waals surface area contributed by atoms with Crippen molar-refractivity contribution in [3.8, 4) is 0 Å². The minimum absolute atomic E-state index is 0.0511. The number of nitrogens with one attached hydrogen (secondary N) is 1. The third kappa shape index (κ3) is 10.1. The molecular formula is C13H24N2O4. The lowest BCUT2D eigenvalue weighted by Gasteiger charge is -2.18. The molecule has 0 aliphatic heterocycles. The first-order valence-corrected chi connectivity index (χ1v) is 6.59. The summed E-state index contributed by atoms with van der Waals surface area (Å²) in [5.41, 5.74) is 0. The lowest BCUT2D eigenvalue weighted by molar-refractivity contribution is -0.137. The third-order valence-corrected chi connectivity index (χ3v) is 2.68.